The maximum absolute atomic E-state index is 12.4. The van der Waals surface area contributed by atoms with Crippen LogP contribution in [-0.2, 0) is 16.6 Å². The second-order valence-electron chi connectivity index (χ2n) is 4.49. The Bertz CT molecular complexity index is 468. The quantitative estimate of drug-likeness (QED) is 0.779. The number of halogens is 1. The summed E-state index contributed by atoms with van der Waals surface area (Å²) in [6.45, 7) is 5.67. The van der Waals surface area contributed by atoms with Gasteiger partial charge in [-0.2, -0.15) is 0 Å². The van der Waals surface area contributed by atoms with Gasteiger partial charge in [0.05, 0.1) is 11.6 Å². The van der Waals surface area contributed by atoms with Crippen molar-refractivity contribution in [3.8, 4) is 0 Å². The molecule has 0 radical (unpaired) electrons. The van der Waals surface area contributed by atoms with Crippen LogP contribution in [0, 0.1) is 0 Å². The minimum atomic E-state index is -0.412. The van der Waals surface area contributed by atoms with Gasteiger partial charge < -0.3 is 14.2 Å². The second kappa shape index (κ2) is 6.61. The Morgan fingerprint density at radius 1 is 1.47 bits per heavy atom. The summed E-state index contributed by atoms with van der Waals surface area (Å²) in [6.07, 6.45) is 1.65. The first kappa shape index (κ1) is 15.6. The number of esters is 1. The number of rotatable bonds is 5. The Kier molecular flexibility index (Phi) is 5.42. The molecule has 19 heavy (non-hydrogen) atoms. The molecule has 5 nitrogen and oxygen atoms in total. The van der Waals surface area contributed by atoms with E-state index in [1.807, 2.05) is 13.8 Å². The highest BCUT2D eigenvalue weighted by molar-refractivity contribution is 6.31. The summed E-state index contributed by atoms with van der Waals surface area (Å²) in [5, 5.41) is 0.491. The van der Waals surface area contributed by atoms with E-state index in [0.29, 0.717) is 17.3 Å². The van der Waals surface area contributed by atoms with Gasteiger partial charge in [0.1, 0.15) is 12.2 Å². The minimum absolute atomic E-state index is 0.0624. The molecule has 0 aliphatic heterocycles. The van der Waals surface area contributed by atoms with E-state index in [-0.39, 0.29) is 18.5 Å². The summed E-state index contributed by atoms with van der Waals surface area (Å²) < 4.78 is 6.52. The van der Waals surface area contributed by atoms with Crippen molar-refractivity contribution in [3.05, 3.63) is 23.0 Å². The molecule has 0 bridgehead atoms. The zero-order valence-corrected chi connectivity index (χ0v) is 12.4. The molecule has 0 aromatic carbocycles. The molecule has 1 heterocycles. The molecule has 0 aliphatic rings. The number of amides is 1. The maximum atomic E-state index is 12.4. The molecule has 106 valence electrons. The third-order valence-electron chi connectivity index (χ3n) is 2.68. The number of hydrogen-bond donors (Lipinski definition) is 0. The second-order valence-corrected chi connectivity index (χ2v) is 4.92. The number of nitrogens with zero attached hydrogens (tertiary/aromatic N) is 2. The average Bonchev–Trinajstić information content (AvgIpc) is 2.64. The van der Waals surface area contributed by atoms with E-state index < -0.39 is 5.97 Å². The van der Waals surface area contributed by atoms with Crippen molar-refractivity contribution in [2.24, 2.45) is 7.05 Å². The highest BCUT2D eigenvalue weighted by Gasteiger charge is 2.24. The predicted octanol–water partition coefficient (Wildman–Crippen LogP) is 2.09. The zero-order chi connectivity index (χ0) is 14.6. The molecule has 1 aromatic rings. The van der Waals surface area contributed by atoms with Crippen LogP contribution in [-0.4, -0.2) is 40.5 Å². The van der Waals surface area contributed by atoms with Gasteiger partial charge >= 0.3 is 5.97 Å². The summed E-state index contributed by atoms with van der Waals surface area (Å²) in [4.78, 5) is 25.4. The fourth-order valence-electron chi connectivity index (χ4n) is 1.72. The smallest absolute Gasteiger partial charge is 0.325 e. The topological polar surface area (TPSA) is 51.5 Å². The highest BCUT2D eigenvalue weighted by Crippen LogP contribution is 2.16. The summed E-state index contributed by atoms with van der Waals surface area (Å²) in [5.41, 5.74) is 0.447. The van der Waals surface area contributed by atoms with Gasteiger partial charge in [0.2, 0.25) is 0 Å². The van der Waals surface area contributed by atoms with Crippen LogP contribution in [0.3, 0.4) is 0 Å². The van der Waals surface area contributed by atoms with Crippen molar-refractivity contribution in [2.75, 3.05) is 13.2 Å². The zero-order valence-electron chi connectivity index (χ0n) is 11.6. The molecular formula is C13H19ClN2O3. The van der Waals surface area contributed by atoms with Gasteiger partial charge in [0, 0.05) is 19.3 Å². The molecule has 1 rings (SSSR count). The highest BCUT2D eigenvalue weighted by atomic mass is 35.5. The molecule has 1 amide bonds. The lowest BCUT2D eigenvalue weighted by molar-refractivity contribution is -0.144. The number of carbonyl (C=O) groups is 2. The van der Waals surface area contributed by atoms with Crippen LogP contribution in [0.25, 0.3) is 0 Å². The third kappa shape index (κ3) is 3.99. The molecular weight excluding hydrogens is 268 g/mol. The van der Waals surface area contributed by atoms with Crippen LogP contribution >= 0.6 is 11.6 Å². The van der Waals surface area contributed by atoms with E-state index in [0.717, 1.165) is 0 Å². The molecule has 0 N–H and O–H groups in total. The van der Waals surface area contributed by atoms with Crippen LogP contribution in [0.2, 0.25) is 5.02 Å². The molecule has 0 saturated carbocycles. The van der Waals surface area contributed by atoms with Gasteiger partial charge in [0.25, 0.3) is 5.91 Å². The average molecular weight is 287 g/mol. The fraction of sp³-hybridized carbons (Fsp3) is 0.538. The summed E-state index contributed by atoms with van der Waals surface area (Å²) >= 11 is 5.87. The molecule has 6 heteroatoms. The number of ether oxygens (including phenoxy) is 1. The fourth-order valence-corrected chi connectivity index (χ4v) is 1.97. The normalized spacial score (nSPS) is 10.6. The van der Waals surface area contributed by atoms with E-state index in [1.54, 1.807) is 30.8 Å². The number of carbonyl (C=O) groups excluding carboxylic acids is 2. The lowest BCUT2D eigenvalue weighted by Gasteiger charge is -2.25. The van der Waals surface area contributed by atoms with E-state index in [9.17, 15) is 9.59 Å². The van der Waals surface area contributed by atoms with Gasteiger partial charge in [-0.15, -0.1) is 0 Å². The van der Waals surface area contributed by atoms with Crippen molar-refractivity contribution in [2.45, 2.75) is 26.8 Å². The van der Waals surface area contributed by atoms with Gasteiger partial charge in [-0.1, -0.05) is 11.6 Å². The Morgan fingerprint density at radius 2 is 2.11 bits per heavy atom. The number of aromatic nitrogens is 1. The Hall–Kier alpha value is -1.49. The first-order valence-corrected chi connectivity index (χ1v) is 6.53. The van der Waals surface area contributed by atoms with E-state index >= 15 is 0 Å². The lowest BCUT2D eigenvalue weighted by Crippen LogP contribution is -2.41. The van der Waals surface area contributed by atoms with Crippen LogP contribution in [0.5, 0.6) is 0 Å². The third-order valence-corrected chi connectivity index (χ3v) is 2.89. The molecule has 0 spiro atoms. The van der Waals surface area contributed by atoms with E-state index in [1.165, 1.54) is 4.90 Å². The Morgan fingerprint density at radius 3 is 2.53 bits per heavy atom. The molecule has 0 aliphatic carbocycles. The van der Waals surface area contributed by atoms with Crippen LogP contribution in [0.1, 0.15) is 31.3 Å². The first-order valence-electron chi connectivity index (χ1n) is 6.15. The monoisotopic (exact) mass is 286 g/mol. The molecule has 1 aromatic heterocycles. The van der Waals surface area contributed by atoms with Crippen molar-refractivity contribution in [3.63, 3.8) is 0 Å². The van der Waals surface area contributed by atoms with Crippen LogP contribution < -0.4 is 0 Å². The van der Waals surface area contributed by atoms with Crippen LogP contribution in [0.4, 0.5) is 0 Å². The van der Waals surface area contributed by atoms with E-state index in [2.05, 4.69) is 0 Å². The lowest BCUT2D eigenvalue weighted by atomic mass is 10.2. The maximum Gasteiger partial charge on any atom is 0.325 e. The molecule has 0 saturated heterocycles. The van der Waals surface area contributed by atoms with Crippen molar-refractivity contribution >= 4 is 23.5 Å². The summed E-state index contributed by atoms with van der Waals surface area (Å²) in [6, 6.07) is 1.48. The Balaban J connectivity index is 2.90. The first-order chi connectivity index (χ1) is 8.86. The largest absolute Gasteiger partial charge is 0.465 e. The Labute approximate surface area is 118 Å². The predicted molar refractivity (Wildman–Crippen MR) is 73.2 cm³/mol. The number of hydrogen-bond acceptors (Lipinski definition) is 3. The SMILES string of the molecule is CCOC(=O)CN(C(=O)c1cc(Cl)cn1C)C(C)C. The van der Waals surface area contributed by atoms with Crippen LogP contribution in [0.15, 0.2) is 12.3 Å². The standard InChI is InChI=1S/C13H19ClN2O3/c1-5-19-12(17)8-16(9(2)3)13(18)11-6-10(14)7-15(11)4/h6-7,9H,5,8H2,1-4H3. The minimum Gasteiger partial charge on any atom is -0.465 e. The van der Waals surface area contributed by atoms with Gasteiger partial charge in [-0.25, -0.2) is 0 Å². The van der Waals surface area contributed by atoms with Crippen molar-refractivity contribution in [1.82, 2.24) is 9.47 Å². The van der Waals surface area contributed by atoms with Crippen molar-refractivity contribution in [1.29, 1.82) is 0 Å². The van der Waals surface area contributed by atoms with Gasteiger partial charge in [-0.3, -0.25) is 9.59 Å². The number of aryl methyl sites for hydroxylation is 1. The van der Waals surface area contributed by atoms with E-state index in [4.69, 9.17) is 16.3 Å². The van der Waals surface area contributed by atoms with Crippen molar-refractivity contribution < 1.29 is 14.3 Å². The molecule has 0 unspecified atom stereocenters. The molecule has 0 atom stereocenters. The summed E-state index contributed by atoms with van der Waals surface area (Å²) in [7, 11) is 1.74. The van der Waals surface area contributed by atoms with Gasteiger partial charge in [0.15, 0.2) is 0 Å². The molecule has 0 fully saturated rings. The summed E-state index contributed by atoms with van der Waals surface area (Å²) in [5.74, 6) is -0.651. The van der Waals surface area contributed by atoms with Gasteiger partial charge in [-0.05, 0) is 26.8 Å².